The highest BCUT2D eigenvalue weighted by atomic mass is 15.2. The molecule has 1 rings (SSSR count). The largest absolute Gasteiger partial charge is 0.373 e. The summed E-state index contributed by atoms with van der Waals surface area (Å²) >= 11 is 0. The van der Waals surface area contributed by atoms with Crippen LogP contribution in [0.4, 0.5) is 11.6 Å². The highest BCUT2D eigenvalue weighted by Gasteiger charge is 2.13. The number of nitrogens with zero attached hydrogens (tertiary/aromatic N) is 3. The minimum absolute atomic E-state index is 0.632. The second kappa shape index (κ2) is 5.68. The normalized spacial score (nSPS) is 10.6. The van der Waals surface area contributed by atoms with Gasteiger partial charge in [0.05, 0.1) is 0 Å². The molecule has 0 aliphatic rings. The van der Waals surface area contributed by atoms with Crippen LogP contribution in [0.1, 0.15) is 26.3 Å². The van der Waals surface area contributed by atoms with E-state index in [0.717, 1.165) is 30.3 Å². The van der Waals surface area contributed by atoms with E-state index < -0.39 is 0 Å². The standard InChI is InChI=1S/C12H22N4/c1-6-16(7-9(2)3)12-10(4)11(13-5)14-8-15-12/h8-9H,6-7H2,1-5H3,(H,13,14,15). The highest BCUT2D eigenvalue weighted by molar-refractivity contribution is 5.57. The van der Waals surface area contributed by atoms with Gasteiger partial charge in [0, 0.05) is 25.7 Å². The van der Waals surface area contributed by atoms with Gasteiger partial charge in [-0.15, -0.1) is 0 Å². The monoisotopic (exact) mass is 222 g/mol. The molecule has 0 aromatic carbocycles. The fraction of sp³-hybridized carbons (Fsp3) is 0.667. The van der Waals surface area contributed by atoms with Gasteiger partial charge in [-0.25, -0.2) is 9.97 Å². The molecule has 1 aromatic rings. The van der Waals surface area contributed by atoms with Crippen LogP contribution in [0.5, 0.6) is 0 Å². The van der Waals surface area contributed by atoms with E-state index in [0.29, 0.717) is 5.92 Å². The Balaban J connectivity index is 3.00. The molecular weight excluding hydrogens is 200 g/mol. The van der Waals surface area contributed by atoms with E-state index in [2.05, 4.69) is 47.9 Å². The first kappa shape index (κ1) is 12.7. The van der Waals surface area contributed by atoms with Crippen LogP contribution in [-0.4, -0.2) is 30.1 Å². The number of anilines is 2. The van der Waals surface area contributed by atoms with Crippen molar-refractivity contribution in [1.29, 1.82) is 0 Å². The molecule has 4 heteroatoms. The van der Waals surface area contributed by atoms with Crippen molar-refractivity contribution in [1.82, 2.24) is 9.97 Å². The molecule has 0 saturated carbocycles. The molecule has 4 nitrogen and oxygen atoms in total. The van der Waals surface area contributed by atoms with Gasteiger partial charge in [-0.3, -0.25) is 0 Å². The predicted molar refractivity (Wildman–Crippen MR) is 69.0 cm³/mol. The van der Waals surface area contributed by atoms with Crippen LogP contribution >= 0.6 is 0 Å². The van der Waals surface area contributed by atoms with Crippen molar-refractivity contribution in [3.8, 4) is 0 Å². The predicted octanol–water partition coefficient (Wildman–Crippen LogP) is 2.31. The Bertz CT molecular complexity index is 336. The maximum absolute atomic E-state index is 4.39. The summed E-state index contributed by atoms with van der Waals surface area (Å²) in [6.45, 7) is 10.7. The summed E-state index contributed by atoms with van der Waals surface area (Å²) in [6, 6.07) is 0. The third-order valence-corrected chi connectivity index (χ3v) is 2.56. The van der Waals surface area contributed by atoms with Gasteiger partial charge in [0.2, 0.25) is 0 Å². The van der Waals surface area contributed by atoms with E-state index in [9.17, 15) is 0 Å². The molecule has 0 radical (unpaired) electrons. The summed E-state index contributed by atoms with van der Waals surface area (Å²) in [4.78, 5) is 10.9. The minimum atomic E-state index is 0.632. The Morgan fingerprint density at radius 3 is 2.56 bits per heavy atom. The van der Waals surface area contributed by atoms with E-state index >= 15 is 0 Å². The Kier molecular flexibility index (Phi) is 4.52. The quantitative estimate of drug-likeness (QED) is 0.830. The SMILES string of the molecule is CCN(CC(C)C)c1ncnc(NC)c1C. The molecule has 0 atom stereocenters. The second-order valence-corrected chi connectivity index (χ2v) is 4.35. The van der Waals surface area contributed by atoms with Gasteiger partial charge in [-0.1, -0.05) is 13.8 Å². The molecule has 0 amide bonds. The van der Waals surface area contributed by atoms with Gasteiger partial charge in [0.1, 0.15) is 18.0 Å². The van der Waals surface area contributed by atoms with Crippen molar-refractivity contribution < 1.29 is 0 Å². The van der Waals surface area contributed by atoms with Crippen LogP contribution < -0.4 is 10.2 Å². The lowest BCUT2D eigenvalue weighted by Gasteiger charge is -2.25. The molecule has 0 aliphatic heterocycles. The van der Waals surface area contributed by atoms with Gasteiger partial charge >= 0.3 is 0 Å². The summed E-state index contributed by atoms with van der Waals surface area (Å²) < 4.78 is 0. The summed E-state index contributed by atoms with van der Waals surface area (Å²) in [5.74, 6) is 2.58. The van der Waals surface area contributed by atoms with Crippen LogP contribution in [0.3, 0.4) is 0 Å². The van der Waals surface area contributed by atoms with Gasteiger partial charge < -0.3 is 10.2 Å². The van der Waals surface area contributed by atoms with Gasteiger partial charge in [0.15, 0.2) is 0 Å². The molecule has 0 saturated heterocycles. The molecule has 1 aromatic heterocycles. The first-order chi connectivity index (χ1) is 7.60. The Labute approximate surface area is 98.1 Å². The second-order valence-electron chi connectivity index (χ2n) is 4.35. The molecule has 0 aliphatic carbocycles. The molecule has 1 heterocycles. The van der Waals surface area contributed by atoms with Crippen molar-refractivity contribution in [2.45, 2.75) is 27.7 Å². The molecule has 1 N–H and O–H groups in total. The van der Waals surface area contributed by atoms with Crippen LogP contribution in [0.15, 0.2) is 6.33 Å². The first-order valence-corrected chi connectivity index (χ1v) is 5.84. The topological polar surface area (TPSA) is 41.1 Å². The molecule has 16 heavy (non-hydrogen) atoms. The summed E-state index contributed by atoms with van der Waals surface area (Å²) in [7, 11) is 1.89. The minimum Gasteiger partial charge on any atom is -0.373 e. The van der Waals surface area contributed by atoms with E-state index in [1.54, 1.807) is 6.33 Å². The highest BCUT2D eigenvalue weighted by Crippen LogP contribution is 2.22. The fourth-order valence-corrected chi connectivity index (χ4v) is 1.82. The van der Waals surface area contributed by atoms with Crippen molar-refractivity contribution in [2.24, 2.45) is 5.92 Å². The van der Waals surface area contributed by atoms with E-state index in [1.165, 1.54) is 0 Å². The van der Waals surface area contributed by atoms with Crippen molar-refractivity contribution in [2.75, 3.05) is 30.4 Å². The van der Waals surface area contributed by atoms with Gasteiger partial charge in [0.25, 0.3) is 0 Å². The van der Waals surface area contributed by atoms with Crippen LogP contribution in [0.25, 0.3) is 0 Å². The van der Waals surface area contributed by atoms with Crippen LogP contribution in [0, 0.1) is 12.8 Å². The zero-order valence-electron chi connectivity index (χ0n) is 10.9. The van der Waals surface area contributed by atoms with E-state index in [4.69, 9.17) is 0 Å². The average Bonchev–Trinajstić information content (AvgIpc) is 2.26. The van der Waals surface area contributed by atoms with Crippen molar-refractivity contribution in [3.63, 3.8) is 0 Å². The fourth-order valence-electron chi connectivity index (χ4n) is 1.82. The van der Waals surface area contributed by atoms with E-state index in [1.807, 2.05) is 7.05 Å². The Hall–Kier alpha value is -1.32. The van der Waals surface area contributed by atoms with Crippen LogP contribution in [-0.2, 0) is 0 Å². The number of aromatic nitrogens is 2. The maximum atomic E-state index is 4.39. The summed E-state index contributed by atoms with van der Waals surface area (Å²) in [5.41, 5.74) is 1.12. The molecule has 0 fully saturated rings. The number of hydrogen-bond acceptors (Lipinski definition) is 4. The molecule has 90 valence electrons. The smallest absolute Gasteiger partial charge is 0.137 e. The lowest BCUT2D eigenvalue weighted by molar-refractivity contribution is 0.613. The molecule has 0 bridgehead atoms. The van der Waals surface area contributed by atoms with Crippen molar-refractivity contribution >= 4 is 11.6 Å². The summed E-state index contributed by atoms with van der Waals surface area (Å²) in [5, 5.41) is 3.09. The number of rotatable bonds is 5. The maximum Gasteiger partial charge on any atom is 0.137 e. The van der Waals surface area contributed by atoms with Crippen LogP contribution in [0.2, 0.25) is 0 Å². The van der Waals surface area contributed by atoms with Crippen molar-refractivity contribution in [3.05, 3.63) is 11.9 Å². The Morgan fingerprint density at radius 1 is 1.38 bits per heavy atom. The summed E-state index contributed by atoms with van der Waals surface area (Å²) in [6.07, 6.45) is 1.62. The third-order valence-electron chi connectivity index (χ3n) is 2.56. The molecular formula is C12H22N4. The van der Waals surface area contributed by atoms with E-state index in [-0.39, 0.29) is 0 Å². The zero-order chi connectivity index (χ0) is 12.1. The van der Waals surface area contributed by atoms with Gasteiger partial charge in [-0.05, 0) is 19.8 Å². The average molecular weight is 222 g/mol. The lowest BCUT2D eigenvalue weighted by atomic mass is 10.2. The molecule has 0 unspecified atom stereocenters. The molecule has 0 spiro atoms. The zero-order valence-corrected chi connectivity index (χ0v) is 10.9. The lowest BCUT2D eigenvalue weighted by Crippen LogP contribution is -2.29. The number of hydrogen-bond donors (Lipinski definition) is 1. The first-order valence-electron chi connectivity index (χ1n) is 5.84. The van der Waals surface area contributed by atoms with Gasteiger partial charge in [-0.2, -0.15) is 0 Å². The number of nitrogens with one attached hydrogen (secondary N) is 1. The third kappa shape index (κ3) is 2.84. The Morgan fingerprint density at radius 2 is 2.06 bits per heavy atom.